The van der Waals surface area contributed by atoms with Crippen molar-refractivity contribution in [1.82, 2.24) is 0 Å². The van der Waals surface area contributed by atoms with Gasteiger partial charge in [0.15, 0.2) is 0 Å². The van der Waals surface area contributed by atoms with E-state index >= 15 is 0 Å². The van der Waals surface area contributed by atoms with Gasteiger partial charge in [-0.2, -0.15) is 0 Å². The van der Waals surface area contributed by atoms with Gasteiger partial charge in [-0.15, -0.1) is 22.9 Å². The molecule has 0 fully saturated rings. The van der Waals surface area contributed by atoms with Crippen molar-refractivity contribution in [2.45, 2.75) is 5.88 Å². The van der Waals surface area contributed by atoms with Crippen molar-refractivity contribution in [3.05, 3.63) is 19.8 Å². The quantitative estimate of drug-likeness (QED) is 0.659. The van der Waals surface area contributed by atoms with Crippen LogP contribution in [0.2, 0.25) is 4.34 Å². The summed E-state index contributed by atoms with van der Waals surface area (Å²) in [6.45, 7) is 0. The van der Waals surface area contributed by atoms with Crippen molar-refractivity contribution in [1.29, 1.82) is 0 Å². The predicted octanol–water partition coefficient (Wildman–Crippen LogP) is 3.90. The van der Waals surface area contributed by atoms with E-state index in [4.69, 9.17) is 23.2 Å². The summed E-state index contributed by atoms with van der Waals surface area (Å²) in [5.74, 6) is 0.538. The second kappa shape index (κ2) is 3.24. The zero-order valence-corrected chi connectivity index (χ0v) is 8.24. The van der Waals surface area contributed by atoms with E-state index in [1.54, 1.807) is 0 Å². The molecule has 1 heterocycles. The van der Waals surface area contributed by atoms with Gasteiger partial charge < -0.3 is 0 Å². The van der Waals surface area contributed by atoms with Crippen LogP contribution < -0.4 is 0 Å². The minimum atomic E-state index is 0.538. The molecule has 0 N–H and O–H groups in total. The van der Waals surface area contributed by atoms with Crippen LogP contribution in [0, 0.1) is 0 Å². The zero-order valence-electron chi connectivity index (χ0n) is 4.33. The molecule has 4 heteroatoms. The van der Waals surface area contributed by atoms with Gasteiger partial charge in [0.25, 0.3) is 0 Å². The Bertz CT molecular complexity index is 189. The average Bonchev–Trinajstić information content (AvgIpc) is 2.13. The third kappa shape index (κ3) is 1.84. The van der Waals surface area contributed by atoms with E-state index < -0.39 is 0 Å². The van der Waals surface area contributed by atoms with Crippen molar-refractivity contribution >= 4 is 50.5 Å². The highest BCUT2D eigenvalue weighted by atomic mass is 79.9. The zero-order chi connectivity index (χ0) is 6.85. The maximum atomic E-state index is 5.72. The van der Waals surface area contributed by atoms with Crippen molar-refractivity contribution in [3.63, 3.8) is 0 Å². The highest BCUT2D eigenvalue weighted by molar-refractivity contribution is 9.10. The lowest BCUT2D eigenvalue weighted by Crippen LogP contribution is -1.59. The van der Waals surface area contributed by atoms with E-state index in [1.807, 2.05) is 6.07 Å². The fourth-order valence-corrected chi connectivity index (χ4v) is 2.34. The number of rotatable bonds is 1. The smallest absolute Gasteiger partial charge is 0.107 e. The van der Waals surface area contributed by atoms with E-state index in [-0.39, 0.29) is 0 Å². The van der Waals surface area contributed by atoms with Gasteiger partial charge in [-0.3, -0.25) is 0 Å². The van der Waals surface area contributed by atoms with Gasteiger partial charge in [0.05, 0.1) is 5.88 Å². The molecule has 1 aromatic heterocycles. The van der Waals surface area contributed by atoms with Gasteiger partial charge >= 0.3 is 0 Å². The first-order valence-corrected chi connectivity index (χ1v) is 4.76. The van der Waals surface area contributed by atoms with Crippen LogP contribution in [0.3, 0.4) is 0 Å². The molecular weight excluding hydrogens is 243 g/mol. The standard InChI is InChI=1S/C5H3BrCl2S/c6-4-1-3(2-7)9-5(4)8/h1H,2H2. The maximum Gasteiger partial charge on any atom is 0.107 e. The van der Waals surface area contributed by atoms with E-state index in [9.17, 15) is 0 Å². The number of thiophene rings is 1. The molecule has 0 aliphatic heterocycles. The summed E-state index contributed by atoms with van der Waals surface area (Å²) < 4.78 is 1.70. The Morgan fingerprint density at radius 3 is 2.56 bits per heavy atom. The Morgan fingerprint density at radius 1 is 1.67 bits per heavy atom. The van der Waals surface area contributed by atoms with Gasteiger partial charge in [0.1, 0.15) is 4.34 Å². The topological polar surface area (TPSA) is 0 Å². The minimum Gasteiger partial charge on any atom is -0.126 e. The van der Waals surface area contributed by atoms with Gasteiger partial charge in [-0.1, -0.05) is 11.6 Å². The van der Waals surface area contributed by atoms with E-state index in [0.717, 1.165) is 13.7 Å². The number of halogens is 3. The molecule has 0 unspecified atom stereocenters. The Balaban J connectivity index is 2.98. The molecule has 0 radical (unpaired) electrons. The summed E-state index contributed by atoms with van der Waals surface area (Å²) in [5.41, 5.74) is 0. The second-order valence-corrected chi connectivity index (χ2v) is 4.33. The molecule has 9 heavy (non-hydrogen) atoms. The Kier molecular flexibility index (Phi) is 2.83. The Morgan fingerprint density at radius 2 is 2.33 bits per heavy atom. The molecule has 1 aromatic rings. The molecule has 0 saturated carbocycles. The normalized spacial score (nSPS) is 10.1. The molecule has 0 aromatic carbocycles. The summed E-state index contributed by atoms with van der Waals surface area (Å²) in [6, 6.07) is 1.93. The van der Waals surface area contributed by atoms with Crippen LogP contribution in [0.4, 0.5) is 0 Å². The summed E-state index contributed by atoms with van der Waals surface area (Å²) in [7, 11) is 0. The van der Waals surface area contributed by atoms with Crippen LogP contribution in [-0.4, -0.2) is 0 Å². The lowest BCUT2D eigenvalue weighted by atomic mass is 10.5. The second-order valence-electron chi connectivity index (χ2n) is 1.47. The predicted molar refractivity (Wildman–Crippen MR) is 46.6 cm³/mol. The first-order chi connectivity index (χ1) is 4.24. The van der Waals surface area contributed by atoms with Gasteiger partial charge in [-0.05, 0) is 22.0 Å². The lowest BCUT2D eigenvalue weighted by Gasteiger charge is -1.77. The number of alkyl halides is 1. The molecule has 0 amide bonds. The molecule has 0 bridgehead atoms. The fraction of sp³-hybridized carbons (Fsp3) is 0.200. The summed E-state index contributed by atoms with van der Waals surface area (Å²) in [5, 5.41) is 0. The molecule has 0 atom stereocenters. The van der Waals surface area contributed by atoms with Crippen LogP contribution in [0.25, 0.3) is 0 Å². The molecule has 0 aliphatic rings. The van der Waals surface area contributed by atoms with E-state index in [2.05, 4.69) is 15.9 Å². The molecule has 0 aliphatic carbocycles. The summed E-state index contributed by atoms with van der Waals surface area (Å²) in [6.07, 6.45) is 0. The van der Waals surface area contributed by atoms with Gasteiger partial charge in [0, 0.05) is 9.35 Å². The first-order valence-electron chi connectivity index (χ1n) is 2.23. The van der Waals surface area contributed by atoms with Crippen molar-refractivity contribution in [3.8, 4) is 0 Å². The highest BCUT2D eigenvalue weighted by Gasteiger charge is 2.01. The van der Waals surface area contributed by atoms with Crippen LogP contribution in [0.5, 0.6) is 0 Å². The summed E-state index contributed by atoms with van der Waals surface area (Å²) >= 11 is 16.0. The maximum absolute atomic E-state index is 5.72. The first kappa shape index (κ1) is 7.86. The largest absolute Gasteiger partial charge is 0.126 e. The van der Waals surface area contributed by atoms with Crippen LogP contribution in [0.1, 0.15) is 4.88 Å². The minimum absolute atomic E-state index is 0.538. The molecule has 0 spiro atoms. The Hall–Kier alpha value is 0.760. The molecule has 50 valence electrons. The third-order valence-corrected chi connectivity index (χ3v) is 3.75. The summed E-state index contributed by atoms with van der Waals surface area (Å²) in [4.78, 5) is 1.09. The average molecular weight is 246 g/mol. The van der Waals surface area contributed by atoms with Gasteiger partial charge in [-0.25, -0.2) is 0 Å². The van der Waals surface area contributed by atoms with Crippen molar-refractivity contribution in [2.24, 2.45) is 0 Å². The third-order valence-electron chi connectivity index (χ3n) is 0.828. The van der Waals surface area contributed by atoms with Crippen LogP contribution in [0.15, 0.2) is 10.5 Å². The number of hydrogen-bond donors (Lipinski definition) is 0. The van der Waals surface area contributed by atoms with Crippen molar-refractivity contribution < 1.29 is 0 Å². The molecule has 0 saturated heterocycles. The Labute approximate surface area is 75.9 Å². The molecule has 1 rings (SSSR count). The van der Waals surface area contributed by atoms with Gasteiger partial charge in [0.2, 0.25) is 0 Å². The SMILES string of the molecule is ClCc1cc(Br)c(Cl)s1. The monoisotopic (exact) mass is 244 g/mol. The lowest BCUT2D eigenvalue weighted by molar-refractivity contribution is 1.52. The van der Waals surface area contributed by atoms with Crippen LogP contribution in [-0.2, 0) is 5.88 Å². The van der Waals surface area contributed by atoms with Crippen LogP contribution >= 0.6 is 50.5 Å². The van der Waals surface area contributed by atoms with Crippen molar-refractivity contribution in [2.75, 3.05) is 0 Å². The fourth-order valence-electron chi connectivity index (χ4n) is 0.457. The molecule has 0 nitrogen and oxygen atoms in total. The van der Waals surface area contributed by atoms with E-state index in [0.29, 0.717) is 5.88 Å². The van der Waals surface area contributed by atoms with E-state index in [1.165, 1.54) is 11.3 Å². The number of hydrogen-bond acceptors (Lipinski definition) is 1. The highest BCUT2D eigenvalue weighted by Crippen LogP contribution is 2.32. The molecular formula is C5H3BrCl2S.